The van der Waals surface area contributed by atoms with Crippen molar-refractivity contribution in [2.75, 3.05) is 42.0 Å². The molecule has 5 heteroatoms. The number of para-hydroxylation sites is 2. The number of carbonyl (C=O) groups excluding carboxylic acids is 1. The smallest absolute Gasteiger partial charge is 0.414 e. The zero-order chi connectivity index (χ0) is 13.8. The Balaban J connectivity index is 2.77. The lowest BCUT2D eigenvalue weighted by atomic mass is 10.3. The van der Waals surface area contributed by atoms with E-state index in [1.54, 1.807) is 32.3 Å². The summed E-state index contributed by atoms with van der Waals surface area (Å²) >= 11 is 0. The van der Waals surface area contributed by atoms with Crippen LogP contribution in [0.25, 0.3) is 0 Å². The zero-order valence-corrected chi connectivity index (χ0v) is 11.6. The number of amides is 1. The molecule has 0 saturated carbocycles. The number of quaternary nitrogens is 1. The average molecular weight is 253 g/mol. The van der Waals surface area contributed by atoms with Crippen LogP contribution in [0.4, 0.5) is 4.79 Å². The van der Waals surface area contributed by atoms with Crippen LogP contribution in [-0.4, -0.2) is 57.4 Å². The Kier molecular flexibility index (Phi) is 4.55. The monoisotopic (exact) mass is 253 g/mol. The van der Waals surface area contributed by atoms with E-state index in [1.807, 2.05) is 27.2 Å². The van der Waals surface area contributed by atoms with E-state index in [9.17, 15) is 4.79 Å². The van der Waals surface area contributed by atoms with E-state index in [0.717, 1.165) is 0 Å². The van der Waals surface area contributed by atoms with Crippen LogP contribution >= 0.6 is 0 Å². The van der Waals surface area contributed by atoms with Crippen LogP contribution < -0.4 is 9.47 Å². The Morgan fingerprint density at radius 2 is 1.72 bits per heavy atom. The number of benzene rings is 1. The zero-order valence-electron chi connectivity index (χ0n) is 11.6. The van der Waals surface area contributed by atoms with Gasteiger partial charge < -0.3 is 14.4 Å². The van der Waals surface area contributed by atoms with E-state index in [2.05, 4.69) is 0 Å². The highest BCUT2D eigenvalue weighted by Crippen LogP contribution is 2.27. The van der Waals surface area contributed by atoms with Gasteiger partial charge in [0.05, 0.1) is 21.1 Å². The molecule has 5 nitrogen and oxygen atoms in total. The molecule has 0 unspecified atom stereocenters. The summed E-state index contributed by atoms with van der Waals surface area (Å²) in [6, 6.07) is 7.15. The Morgan fingerprint density at radius 3 is 2.22 bits per heavy atom. The number of ether oxygens (including phenoxy) is 2. The minimum atomic E-state index is -0.420. The molecule has 0 spiro atoms. The third-order valence-corrected chi connectivity index (χ3v) is 2.02. The minimum Gasteiger partial charge on any atom is -0.441 e. The van der Waals surface area contributed by atoms with Crippen LogP contribution in [0.15, 0.2) is 24.3 Å². The van der Waals surface area contributed by atoms with Crippen LogP contribution in [0.3, 0.4) is 0 Å². The van der Waals surface area contributed by atoms with Gasteiger partial charge in [0.1, 0.15) is 0 Å². The number of carbonyl (C=O) groups is 1. The summed E-state index contributed by atoms with van der Waals surface area (Å²) in [5.74, 6) is 1.01. The van der Waals surface area contributed by atoms with Crippen molar-refractivity contribution in [3.05, 3.63) is 24.3 Å². The number of nitrogens with zero attached hydrogens (tertiary/aromatic N) is 2. The minimum absolute atomic E-state index is 0.420. The van der Waals surface area contributed by atoms with Crippen LogP contribution in [0.5, 0.6) is 11.5 Å². The van der Waals surface area contributed by atoms with Crippen LogP contribution in [0.1, 0.15) is 0 Å². The van der Waals surface area contributed by atoms with E-state index in [4.69, 9.17) is 9.47 Å². The van der Waals surface area contributed by atoms with Gasteiger partial charge in [-0.05, 0) is 12.1 Å². The highest BCUT2D eigenvalue weighted by atomic mass is 16.6. The third-order valence-electron chi connectivity index (χ3n) is 2.02. The second-order valence-corrected chi connectivity index (χ2v) is 5.27. The molecule has 0 aliphatic carbocycles. The molecule has 0 radical (unpaired) electrons. The Labute approximate surface area is 108 Å². The normalized spacial score (nSPS) is 10.9. The molecule has 0 saturated heterocycles. The SMILES string of the molecule is CN(C)C(=O)Oc1ccccc1OC[N+](C)(C)C. The molecule has 1 aromatic carbocycles. The fraction of sp³-hybridized carbons (Fsp3) is 0.462. The molecule has 0 atom stereocenters. The van der Waals surface area contributed by atoms with Gasteiger partial charge in [0.25, 0.3) is 0 Å². The second-order valence-electron chi connectivity index (χ2n) is 5.27. The number of hydrogen-bond acceptors (Lipinski definition) is 3. The first-order chi connectivity index (χ1) is 8.29. The lowest BCUT2D eigenvalue weighted by molar-refractivity contribution is -0.886. The van der Waals surface area contributed by atoms with Crippen molar-refractivity contribution >= 4 is 6.09 Å². The predicted octanol–water partition coefficient (Wildman–Crippen LogP) is 1.79. The topological polar surface area (TPSA) is 38.8 Å². The molecular weight excluding hydrogens is 232 g/mol. The van der Waals surface area contributed by atoms with Crippen molar-refractivity contribution in [3.8, 4) is 11.5 Å². The highest BCUT2D eigenvalue weighted by molar-refractivity contribution is 5.70. The molecule has 1 amide bonds. The number of rotatable bonds is 4. The summed E-state index contributed by atoms with van der Waals surface area (Å²) < 4.78 is 11.5. The lowest BCUT2D eigenvalue weighted by Gasteiger charge is -2.24. The van der Waals surface area contributed by atoms with Gasteiger partial charge in [0, 0.05) is 14.1 Å². The fourth-order valence-corrected chi connectivity index (χ4v) is 1.10. The van der Waals surface area contributed by atoms with Crippen LogP contribution in [0.2, 0.25) is 0 Å². The fourth-order valence-electron chi connectivity index (χ4n) is 1.10. The largest absolute Gasteiger partial charge is 0.441 e. The Morgan fingerprint density at radius 1 is 1.17 bits per heavy atom. The molecule has 0 aromatic heterocycles. The van der Waals surface area contributed by atoms with Gasteiger partial charge in [-0.3, -0.25) is 4.48 Å². The molecule has 0 bridgehead atoms. The first kappa shape index (κ1) is 14.3. The van der Waals surface area contributed by atoms with Crippen molar-refractivity contribution in [2.45, 2.75) is 0 Å². The summed E-state index contributed by atoms with van der Waals surface area (Å²) in [6.45, 7) is 0.497. The molecule has 100 valence electrons. The maximum absolute atomic E-state index is 11.5. The van der Waals surface area contributed by atoms with Gasteiger partial charge in [0.2, 0.25) is 6.73 Å². The van der Waals surface area contributed by atoms with Crippen molar-refractivity contribution in [1.82, 2.24) is 4.90 Å². The standard InChI is InChI=1S/C13H21N2O3/c1-14(2)13(16)18-12-9-7-6-8-11(12)17-10-15(3,4)5/h6-9H,10H2,1-5H3/q+1. The first-order valence-corrected chi connectivity index (χ1v) is 5.71. The molecule has 0 N–H and O–H groups in total. The molecule has 0 aliphatic rings. The summed E-state index contributed by atoms with van der Waals surface area (Å²) in [5, 5.41) is 0. The van der Waals surface area contributed by atoms with Crippen molar-refractivity contribution in [2.24, 2.45) is 0 Å². The van der Waals surface area contributed by atoms with Gasteiger partial charge in [-0.15, -0.1) is 0 Å². The van der Waals surface area contributed by atoms with E-state index in [1.165, 1.54) is 4.90 Å². The van der Waals surface area contributed by atoms with Gasteiger partial charge in [0.15, 0.2) is 11.5 Å². The highest BCUT2D eigenvalue weighted by Gasteiger charge is 2.14. The Bertz CT molecular complexity index is 411. The van der Waals surface area contributed by atoms with E-state index < -0.39 is 6.09 Å². The first-order valence-electron chi connectivity index (χ1n) is 5.71. The third kappa shape index (κ3) is 4.63. The van der Waals surface area contributed by atoms with Gasteiger partial charge >= 0.3 is 6.09 Å². The molecule has 0 fully saturated rings. The van der Waals surface area contributed by atoms with Gasteiger partial charge in [-0.25, -0.2) is 4.79 Å². The summed E-state index contributed by atoms with van der Waals surface area (Å²) in [5.41, 5.74) is 0. The maximum Gasteiger partial charge on any atom is 0.414 e. The summed E-state index contributed by atoms with van der Waals surface area (Å²) in [4.78, 5) is 12.9. The summed E-state index contributed by atoms with van der Waals surface area (Å²) in [6.07, 6.45) is -0.420. The molecule has 1 aromatic rings. The lowest BCUT2D eigenvalue weighted by Crippen LogP contribution is -2.38. The number of hydrogen-bond donors (Lipinski definition) is 0. The van der Waals surface area contributed by atoms with Crippen molar-refractivity contribution < 1.29 is 18.8 Å². The predicted molar refractivity (Wildman–Crippen MR) is 69.7 cm³/mol. The van der Waals surface area contributed by atoms with Crippen molar-refractivity contribution in [1.29, 1.82) is 0 Å². The molecule has 1 rings (SSSR count). The molecular formula is C13H21N2O3+. The van der Waals surface area contributed by atoms with Gasteiger partial charge in [-0.1, -0.05) is 12.1 Å². The average Bonchev–Trinajstić information content (AvgIpc) is 2.26. The van der Waals surface area contributed by atoms with E-state index in [0.29, 0.717) is 22.7 Å². The second kappa shape index (κ2) is 5.73. The van der Waals surface area contributed by atoms with Crippen LogP contribution in [0, 0.1) is 0 Å². The Hall–Kier alpha value is -1.75. The quantitative estimate of drug-likeness (QED) is 0.606. The van der Waals surface area contributed by atoms with E-state index >= 15 is 0 Å². The van der Waals surface area contributed by atoms with E-state index in [-0.39, 0.29) is 0 Å². The molecule has 0 heterocycles. The van der Waals surface area contributed by atoms with Crippen molar-refractivity contribution in [3.63, 3.8) is 0 Å². The summed E-state index contributed by atoms with van der Waals surface area (Å²) in [7, 11) is 9.34. The maximum atomic E-state index is 11.5. The molecule has 0 aliphatic heterocycles. The molecule has 18 heavy (non-hydrogen) atoms. The van der Waals surface area contributed by atoms with Crippen LogP contribution in [-0.2, 0) is 0 Å². The van der Waals surface area contributed by atoms with Gasteiger partial charge in [-0.2, -0.15) is 0 Å².